The predicted octanol–water partition coefficient (Wildman–Crippen LogP) is 3.64. The van der Waals surface area contributed by atoms with Gasteiger partial charge in [-0.25, -0.2) is 0 Å². The molecular weight excluding hydrogens is 320 g/mol. The Morgan fingerprint density at radius 3 is 2.64 bits per heavy atom. The molecule has 0 radical (unpaired) electrons. The number of para-hydroxylation sites is 1. The summed E-state index contributed by atoms with van der Waals surface area (Å²) in [6.45, 7) is 0. The standard InChI is InChI=1S/C19H18N2O4/c1-24-16-9-3-2-8-15(16)18(22)20-13-6-4-7-14(12-13)21-19(23)17-10-5-11-25-17/h2-12,18,20,22H,1H3,(H,21,23). The first-order valence-corrected chi connectivity index (χ1v) is 7.70. The summed E-state index contributed by atoms with van der Waals surface area (Å²) in [5.74, 6) is 0.477. The van der Waals surface area contributed by atoms with Gasteiger partial charge in [-0.1, -0.05) is 24.3 Å². The molecule has 0 spiro atoms. The third-order valence-electron chi connectivity index (χ3n) is 3.60. The van der Waals surface area contributed by atoms with Gasteiger partial charge in [-0.2, -0.15) is 0 Å². The Bertz CT molecular complexity index is 846. The summed E-state index contributed by atoms with van der Waals surface area (Å²) in [7, 11) is 1.55. The van der Waals surface area contributed by atoms with Gasteiger partial charge in [0.05, 0.1) is 13.4 Å². The van der Waals surface area contributed by atoms with Crippen molar-refractivity contribution in [3.05, 3.63) is 78.3 Å². The van der Waals surface area contributed by atoms with Crippen molar-refractivity contribution in [1.29, 1.82) is 0 Å². The lowest BCUT2D eigenvalue weighted by Crippen LogP contribution is -2.13. The highest BCUT2D eigenvalue weighted by atomic mass is 16.5. The third kappa shape index (κ3) is 3.99. The van der Waals surface area contributed by atoms with E-state index in [4.69, 9.17) is 9.15 Å². The monoisotopic (exact) mass is 338 g/mol. The van der Waals surface area contributed by atoms with Gasteiger partial charge < -0.3 is 24.9 Å². The van der Waals surface area contributed by atoms with E-state index in [2.05, 4.69) is 10.6 Å². The summed E-state index contributed by atoms with van der Waals surface area (Å²) in [6, 6.07) is 17.5. The minimum atomic E-state index is -0.952. The summed E-state index contributed by atoms with van der Waals surface area (Å²) < 4.78 is 10.3. The normalized spacial score (nSPS) is 11.6. The molecule has 6 nitrogen and oxygen atoms in total. The molecule has 0 bridgehead atoms. The van der Waals surface area contributed by atoms with Crippen molar-refractivity contribution in [2.75, 3.05) is 17.7 Å². The molecule has 0 aliphatic rings. The molecular formula is C19H18N2O4. The molecule has 0 aliphatic heterocycles. The van der Waals surface area contributed by atoms with E-state index in [1.54, 1.807) is 55.6 Å². The van der Waals surface area contributed by atoms with Gasteiger partial charge >= 0.3 is 0 Å². The van der Waals surface area contributed by atoms with E-state index in [9.17, 15) is 9.90 Å². The first-order chi connectivity index (χ1) is 12.2. The van der Waals surface area contributed by atoms with Crippen LogP contribution in [0.25, 0.3) is 0 Å². The smallest absolute Gasteiger partial charge is 0.291 e. The Morgan fingerprint density at radius 1 is 1.08 bits per heavy atom. The van der Waals surface area contributed by atoms with Crippen LogP contribution in [-0.4, -0.2) is 18.1 Å². The average Bonchev–Trinajstić information content (AvgIpc) is 3.17. The third-order valence-corrected chi connectivity index (χ3v) is 3.60. The minimum Gasteiger partial charge on any atom is -0.496 e. The van der Waals surface area contributed by atoms with Crippen LogP contribution < -0.4 is 15.4 Å². The molecule has 0 aliphatic carbocycles. The number of nitrogens with one attached hydrogen (secondary N) is 2. The zero-order valence-electron chi connectivity index (χ0n) is 13.6. The average molecular weight is 338 g/mol. The molecule has 25 heavy (non-hydrogen) atoms. The van der Waals surface area contributed by atoms with Crippen molar-refractivity contribution in [1.82, 2.24) is 0 Å². The number of benzene rings is 2. The Balaban J connectivity index is 1.72. The van der Waals surface area contributed by atoms with Crippen LogP contribution in [0, 0.1) is 0 Å². The lowest BCUT2D eigenvalue weighted by molar-refractivity contribution is 0.0996. The van der Waals surface area contributed by atoms with Crippen molar-refractivity contribution in [2.24, 2.45) is 0 Å². The van der Waals surface area contributed by atoms with Crippen molar-refractivity contribution in [3.8, 4) is 5.75 Å². The Labute approximate surface area is 145 Å². The Hall–Kier alpha value is -3.25. The van der Waals surface area contributed by atoms with Crippen LogP contribution in [0.5, 0.6) is 5.75 Å². The van der Waals surface area contributed by atoms with Gasteiger partial charge in [0, 0.05) is 16.9 Å². The van der Waals surface area contributed by atoms with Crippen molar-refractivity contribution >= 4 is 17.3 Å². The number of aliphatic hydroxyl groups is 1. The summed E-state index contributed by atoms with van der Waals surface area (Å²) in [6.07, 6.45) is 0.489. The van der Waals surface area contributed by atoms with Gasteiger partial charge in [-0.15, -0.1) is 0 Å². The molecule has 1 amide bonds. The molecule has 1 unspecified atom stereocenters. The van der Waals surface area contributed by atoms with Gasteiger partial charge in [0.15, 0.2) is 12.0 Å². The Morgan fingerprint density at radius 2 is 1.88 bits per heavy atom. The fourth-order valence-electron chi connectivity index (χ4n) is 2.42. The van der Waals surface area contributed by atoms with Crippen LogP contribution in [0.2, 0.25) is 0 Å². The number of hydrogen-bond donors (Lipinski definition) is 3. The van der Waals surface area contributed by atoms with Crippen LogP contribution >= 0.6 is 0 Å². The lowest BCUT2D eigenvalue weighted by atomic mass is 10.1. The van der Waals surface area contributed by atoms with Gasteiger partial charge in [0.2, 0.25) is 0 Å². The van der Waals surface area contributed by atoms with Gasteiger partial charge in [0.25, 0.3) is 5.91 Å². The number of hydrogen-bond acceptors (Lipinski definition) is 5. The molecule has 6 heteroatoms. The maximum absolute atomic E-state index is 12.0. The van der Waals surface area contributed by atoms with E-state index in [1.807, 2.05) is 12.1 Å². The second-order valence-corrected chi connectivity index (χ2v) is 5.30. The number of anilines is 2. The topological polar surface area (TPSA) is 83.7 Å². The van der Waals surface area contributed by atoms with Gasteiger partial charge in [-0.3, -0.25) is 4.79 Å². The molecule has 3 N–H and O–H groups in total. The number of amides is 1. The molecule has 0 saturated carbocycles. The molecule has 3 rings (SSSR count). The van der Waals surface area contributed by atoms with Crippen molar-refractivity contribution in [2.45, 2.75) is 6.23 Å². The van der Waals surface area contributed by atoms with Crippen LogP contribution in [0.3, 0.4) is 0 Å². The maximum Gasteiger partial charge on any atom is 0.291 e. The van der Waals surface area contributed by atoms with Crippen LogP contribution in [0.15, 0.2) is 71.3 Å². The summed E-state index contributed by atoms with van der Waals surface area (Å²) in [5, 5.41) is 16.1. The number of carbonyl (C=O) groups is 1. The molecule has 1 aromatic heterocycles. The molecule has 0 saturated heterocycles. The second-order valence-electron chi connectivity index (χ2n) is 5.30. The quantitative estimate of drug-likeness (QED) is 0.598. The van der Waals surface area contributed by atoms with Gasteiger partial charge in [-0.05, 0) is 36.4 Å². The molecule has 3 aromatic rings. The highest BCUT2D eigenvalue weighted by molar-refractivity contribution is 6.02. The molecule has 0 fully saturated rings. The van der Waals surface area contributed by atoms with E-state index >= 15 is 0 Å². The number of aliphatic hydroxyl groups excluding tert-OH is 1. The number of rotatable bonds is 6. The Kier molecular flexibility index (Phi) is 5.01. The van der Waals surface area contributed by atoms with E-state index in [0.29, 0.717) is 22.7 Å². The number of furan rings is 1. The first kappa shape index (κ1) is 16.6. The SMILES string of the molecule is COc1ccccc1C(O)Nc1cccc(NC(=O)c2ccco2)c1. The number of ether oxygens (including phenoxy) is 1. The zero-order chi connectivity index (χ0) is 17.6. The maximum atomic E-state index is 12.0. The summed E-state index contributed by atoms with van der Waals surface area (Å²) in [4.78, 5) is 12.0. The summed E-state index contributed by atoms with van der Waals surface area (Å²) >= 11 is 0. The number of methoxy groups -OCH3 is 1. The van der Waals surface area contributed by atoms with E-state index in [-0.39, 0.29) is 11.7 Å². The van der Waals surface area contributed by atoms with Crippen molar-refractivity contribution in [3.63, 3.8) is 0 Å². The lowest BCUT2D eigenvalue weighted by Gasteiger charge is -2.17. The molecule has 128 valence electrons. The molecule has 2 aromatic carbocycles. The first-order valence-electron chi connectivity index (χ1n) is 7.70. The zero-order valence-corrected chi connectivity index (χ0v) is 13.6. The highest BCUT2D eigenvalue weighted by Gasteiger charge is 2.13. The highest BCUT2D eigenvalue weighted by Crippen LogP contribution is 2.27. The summed E-state index contributed by atoms with van der Waals surface area (Å²) in [5.41, 5.74) is 1.85. The molecule has 1 atom stereocenters. The van der Waals surface area contributed by atoms with Crippen LogP contribution in [0.1, 0.15) is 22.3 Å². The van der Waals surface area contributed by atoms with Crippen LogP contribution in [-0.2, 0) is 0 Å². The van der Waals surface area contributed by atoms with Crippen LogP contribution in [0.4, 0.5) is 11.4 Å². The fraction of sp³-hybridized carbons (Fsp3) is 0.105. The van der Waals surface area contributed by atoms with E-state index in [0.717, 1.165) is 0 Å². The second kappa shape index (κ2) is 7.55. The fourth-order valence-corrected chi connectivity index (χ4v) is 2.42. The van der Waals surface area contributed by atoms with Crippen molar-refractivity contribution < 1.29 is 19.1 Å². The minimum absolute atomic E-state index is 0.229. The predicted molar refractivity (Wildman–Crippen MR) is 94.7 cm³/mol. The molecule has 1 heterocycles. The van der Waals surface area contributed by atoms with E-state index in [1.165, 1.54) is 6.26 Å². The number of carbonyl (C=O) groups excluding carboxylic acids is 1. The van der Waals surface area contributed by atoms with Gasteiger partial charge in [0.1, 0.15) is 5.75 Å². The largest absolute Gasteiger partial charge is 0.496 e. The van der Waals surface area contributed by atoms with E-state index < -0.39 is 6.23 Å².